The molecule has 3 nitrogen and oxygen atoms in total. The summed E-state index contributed by atoms with van der Waals surface area (Å²) in [6, 6.07) is 4.35. The molecular formula is C15H22F3NO2. The van der Waals surface area contributed by atoms with Gasteiger partial charge in [-0.25, -0.2) is 0 Å². The zero-order valence-electron chi connectivity index (χ0n) is 12.5. The highest BCUT2D eigenvalue weighted by atomic mass is 19.4. The van der Waals surface area contributed by atoms with Crippen molar-refractivity contribution in [3.8, 4) is 0 Å². The Balaban J connectivity index is 2.37. The molecule has 1 atom stereocenters. The van der Waals surface area contributed by atoms with Gasteiger partial charge in [0.25, 0.3) is 0 Å². The molecule has 0 fully saturated rings. The Labute approximate surface area is 123 Å². The minimum absolute atomic E-state index is 0.223. The number of benzene rings is 1. The number of alkyl halides is 3. The molecule has 0 aliphatic carbocycles. The molecule has 1 rings (SSSR count). The van der Waals surface area contributed by atoms with Gasteiger partial charge in [0, 0.05) is 0 Å². The van der Waals surface area contributed by atoms with E-state index in [0.717, 1.165) is 12.1 Å². The first-order valence-corrected chi connectivity index (χ1v) is 6.74. The van der Waals surface area contributed by atoms with Gasteiger partial charge in [-0.1, -0.05) is 12.1 Å². The zero-order valence-corrected chi connectivity index (χ0v) is 12.5. The van der Waals surface area contributed by atoms with Crippen molar-refractivity contribution in [2.75, 3.05) is 19.8 Å². The largest absolute Gasteiger partial charge is 0.416 e. The van der Waals surface area contributed by atoms with E-state index < -0.39 is 17.8 Å². The molecule has 1 aromatic carbocycles. The summed E-state index contributed by atoms with van der Waals surface area (Å²) in [5.41, 5.74) is 5.58. The molecule has 0 aromatic heterocycles. The molecule has 0 bridgehead atoms. The zero-order chi connectivity index (χ0) is 16.1. The van der Waals surface area contributed by atoms with E-state index in [4.69, 9.17) is 15.2 Å². The molecule has 0 amide bonds. The fourth-order valence-corrected chi connectivity index (χ4v) is 1.63. The second-order valence-electron chi connectivity index (χ2n) is 5.76. The summed E-state index contributed by atoms with van der Waals surface area (Å²) in [5, 5.41) is 0. The van der Waals surface area contributed by atoms with Gasteiger partial charge in [0.05, 0.1) is 37.0 Å². The number of hydrogen-bond donors (Lipinski definition) is 1. The van der Waals surface area contributed by atoms with Crippen LogP contribution in [-0.4, -0.2) is 25.4 Å². The van der Waals surface area contributed by atoms with Crippen molar-refractivity contribution in [1.29, 1.82) is 0 Å². The van der Waals surface area contributed by atoms with E-state index in [-0.39, 0.29) is 12.2 Å². The summed E-state index contributed by atoms with van der Waals surface area (Å²) in [6.45, 7) is 6.91. The first kappa shape index (κ1) is 17.9. The SMILES string of the molecule is CC(C)(C)OCCOCC(N)c1ccc(C(F)(F)F)cc1. The van der Waals surface area contributed by atoms with Crippen molar-refractivity contribution in [1.82, 2.24) is 0 Å². The van der Waals surface area contributed by atoms with Gasteiger partial charge in [-0.15, -0.1) is 0 Å². The highest BCUT2D eigenvalue weighted by Gasteiger charge is 2.30. The normalized spacial score (nSPS) is 14.2. The smallest absolute Gasteiger partial charge is 0.377 e. The molecule has 0 saturated carbocycles. The highest BCUT2D eigenvalue weighted by molar-refractivity contribution is 5.26. The average Bonchev–Trinajstić information content (AvgIpc) is 2.36. The van der Waals surface area contributed by atoms with Gasteiger partial charge in [0.1, 0.15) is 0 Å². The van der Waals surface area contributed by atoms with Gasteiger partial charge in [0.2, 0.25) is 0 Å². The first-order chi connectivity index (χ1) is 9.59. The number of hydrogen-bond acceptors (Lipinski definition) is 3. The Morgan fingerprint density at radius 1 is 1.05 bits per heavy atom. The maximum Gasteiger partial charge on any atom is 0.416 e. The standard InChI is InChI=1S/C15H22F3NO2/c1-14(2,3)21-9-8-20-10-13(19)11-4-6-12(7-5-11)15(16,17)18/h4-7,13H,8-10,19H2,1-3H3. The third-order valence-corrected chi connectivity index (χ3v) is 2.73. The lowest BCUT2D eigenvalue weighted by Crippen LogP contribution is -2.23. The van der Waals surface area contributed by atoms with Crippen LogP contribution in [0.4, 0.5) is 13.2 Å². The third-order valence-electron chi connectivity index (χ3n) is 2.73. The Bertz CT molecular complexity index is 424. The molecule has 0 aliphatic heterocycles. The van der Waals surface area contributed by atoms with Crippen molar-refractivity contribution < 1.29 is 22.6 Å². The van der Waals surface area contributed by atoms with Crippen LogP contribution in [-0.2, 0) is 15.7 Å². The predicted octanol–water partition coefficient (Wildman–Crippen LogP) is 3.54. The Hall–Kier alpha value is -1.11. The lowest BCUT2D eigenvalue weighted by Gasteiger charge is -2.20. The van der Waals surface area contributed by atoms with E-state index >= 15 is 0 Å². The van der Waals surface area contributed by atoms with Crippen LogP contribution in [0.15, 0.2) is 24.3 Å². The molecule has 0 spiro atoms. The quantitative estimate of drug-likeness (QED) is 0.818. The van der Waals surface area contributed by atoms with E-state index in [9.17, 15) is 13.2 Å². The van der Waals surface area contributed by atoms with Crippen molar-refractivity contribution in [2.45, 2.75) is 38.6 Å². The summed E-state index contributed by atoms with van der Waals surface area (Å²) in [5.74, 6) is 0. The summed E-state index contributed by atoms with van der Waals surface area (Å²) < 4.78 is 48.2. The molecule has 21 heavy (non-hydrogen) atoms. The first-order valence-electron chi connectivity index (χ1n) is 6.74. The van der Waals surface area contributed by atoms with E-state index in [1.807, 2.05) is 20.8 Å². The number of ether oxygens (including phenoxy) is 2. The topological polar surface area (TPSA) is 44.5 Å². The molecule has 0 radical (unpaired) electrons. The minimum Gasteiger partial charge on any atom is -0.377 e. The predicted molar refractivity (Wildman–Crippen MR) is 74.9 cm³/mol. The van der Waals surface area contributed by atoms with Crippen LogP contribution in [0, 0.1) is 0 Å². The monoisotopic (exact) mass is 305 g/mol. The maximum absolute atomic E-state index is 12.4. The van der Waals surface area contributed by atoms with Crippen molar-refractivity contribution >= 4 is 0 Å². The van der Waals surface area contributed by atoms with Crippen LogP contribution in [0.25, 0.3) is 0 Å². The van der Waals surface area contributed by atoms with Gasteiger partial charge in [0.15, 0.2) is 0 Å². The van der Waals surface area contributed by atoms with E-state index in [2.05, 4.69) is 0 Å². The van der Waals surface area contributed by atoms with Crippen LogP contribution in [0.5, 0.6) is 0 Å². The van der Waals surface area contributed by atoms with Crippen LogP contribution >= 0.6 is 0 Å². The van der Waals surface area contributed by atoms with Gasteiger partial charge in [-0.2, -0.15) is 13.2 Å². The Morgan fingerprint density at radius 3 is 2.10 bits per heavy atom. The van der Waals surface area contributed by atoms with Gasteiger partial charge < -0.3 is 15.2 Å². The molecular weight excluding hydrogens is 283 g/mol. The number of nitrogens with two attached hydrogens (primary N) is 1. The van der Waals surface area contributed by atoms with Gasteiger partial charge in [-0.3, -0.25) is 0 Å². The molecule has 0 saturated heterocycles. The van der Waals surface area contributed by atoms with Crippen LogP contribution in [0.2, 0.25) is 0 Å². The van der Waals surface area contributed by atoms with Crippen molar-refractivity contribution in [3.63, 3.8) is 0 Å². The third kappa shape index (κ3) is 6.93. The molecule has 1 unspecified atom stereocenters. The van der Waals surface area contributed by atoms with Crippen LogP contribution < -0.4 is 5.73 Å². The van der Waals surface area contributed by atoms with Crippen molar-refractivity contribution in [3.05, 3.63) is 35.4 Å². The Morgan fingerprint density at radius 2 is 1.62 bits per heavy atom. The maximum atomic E-state index is 12.4. The summed E-state index contributed by atoms with van der Waals surface area (Å²) in [4.78, 5) is 0. The minimum atomic E-state index is -4.33. The van der Waals surface area contributed by atoms with Crippen molar-refractivity contribution in [2.24, 2.45) is 5.73 Å². The Kier molecular flexibility index (Phi) is 6.19. The summed E-state index contributed by atoms with van der Waals surface area (Å²) in [6.07, 6.45) is -4.33. The number of halogens is 3. The number of rotatable bonds is 6. The molecule has 0 heterocycles. The summed E-state index contributed by atoms with van der Waals surface area (Å²) in [7, 11) is 0. The lowest BCUT2D eigenvalue weighted by atomic mass is 10.1. The molecule has 120 valence electrons. The van der Waals surface area contributed by atoms with Crippen LogP contribution in [0.3, 0.4) is 0 Å². The molecule has 0 aliphatic rings. The lowest BCUT2D eigenvalue weighted by molar-refractivity contribution is -0.137. The van der Waals surface area contributed by atoms with Crippen LogP contribution in [0.1, 0.15) is 37.9 Å². The molecule has 6 heteroatoms. The second-order valence-corrected chi connectivity index (χ2v) is 5.76. The van der Waals surface area contributed by atoms with Gasteiger partial charge >= 0.3 is 6.18 Å². The second kappa shape index (κ2) is 7.24. The average molecular weight is 305 g/mol. The fraction of sp³-hybridized carbons (Fsp3) is 0.600. The van der Waals surface area contributed by atoms with E-state index in [1.165, 1.54) is 12.1 Å². The van der Waals surface area contributed by atoms with E-state index in [0.29, 0.717) is 18.8 Å². The molecule has 1 aromatic rings. The fourth-order valence-electron chi connectivity index (χ4n) is 1.63. The van der Waals surface area contributed by atoms with Gasteiger partial charge in [-0.05, 0) is 38.5 Å². The molecule has 2 N–H and O–H groups in total. The van der Waals surface area contributed by atoms with E-state index in [1.54, 1.807) is 0 Å². The highest BCUT2D eigenvalue weighted by Crippen LogP contribution is 2.29. The summed E-state index contributed by atoms with van der Waals surface area (Å²) >= 11 is 0.